The zero-order valence-electron chi connectivity index (χ0n) is 6.74. The first-order valence-corrected chi connectivity index (χ1v) is 5.17. The Balaban J connectivity index is 0.000000980. The van der Waals surface area contributed by atoms with Gasteiger partial charge in [-0.25, -0.2) is 15.7 Å². The van der Waals surface area contributed by atoms with Crippen LogP contribution in [0.4, 0.5) is 4.39 Å². The minimum Gasteiger partial charge on any atom is -0.319 e. The Hall–Kier alpha value is -0.0517. The molecule has 0 saturated heterocycles. The van der Waals surface area contributed by atoms with Crippen molar-refractivity contribution in [2.45, 2.75) is 0 Å². The molecule has 5 heteroatoms. The summed E-state index contributed by atoms with van der Waals surface area (Å²) in [5.41, 5.74) is 0.747. The summed E-state index contributed by atoms with van der Waals surface area (Å²) in [6, 6.07) is 8.12. The molecule has 2 aromatic rings. The van der Waals surface area contributed by atoms with Crippen molar-refractivity contribution in [2.24, 2.45) is 0 Å². The van der Waals surface area contributed by atoms with Crippen molar-refractivity contribution < 1.29 is 25.5 Å². The summed E-state index contributed by atoms with van der Waals surface area (Å²) >= 11 is 4.39. The molecule has 76 valence electrons. The third kappa shape index (κ3) is 2.50. The van der Waals surface area contributed by atoms with Gasteiger partial charge in [-0.2, -0.15) is 0 Å². The number of rotatable bonds is 1. The van der Waals surface area contributed by atoms with Crippen LogP contribution in [-0.4, -0.2) is 4.98 Å². The van der Waals surface area contributed by atoms with Gasteiger partial charge in [0.1, 0.15) is 0 Å². The second kappa shape index (κ2) is 5.15. The Morgan fingerprint density at radius 2 is 2.21 bits per heavy atom. The van der Waals surface area contributed by atoms with E-state index in [1.807, 2.05) is 18.2 Å². The van der Waals surface area contributed by atoms with Crippen LogP contribution in [0.3, 0.4) is 0 Å². The first kappa shape index (κ1) is 12.0. The third-order valence-corrected chi connectivity index (χ3v) is 3.19. The molecular weight excluding hydrogens is 448 g/mol. The fourth-order valence-electron chi connectivity index (χ4n) is 0.922. The zero-order valence-corrected chi connectivity index (χ0v) is 11.4. The normalized spacial score (nSPS) is 9.57. The summed E-state index contributed by atoms with van der Waals surface area (Å²) in [6.45, 7) is 0. The van der Waals surface area contributed by atoms with Crippen LogP contribution >= 0.6 is 27.3 Å². The molecule has 1 nitrogen and oxygen atoms in total. The summed E-state index contributed by atoms with van der Waals surface area (Å²) < 4.78 is 13.4. The van der Waals surface area contributed by atoms with Crippen LogP contribution in [0.2, 0.25) is 0 Å². The molecule has 0 spiro atoms. The second-order valence-corrected chi connectivity index (χ2v) is 4.70. The summed E-state index contributed by atoms with van der Waals surface area (Å²) in [7, 11) is 0. The molecule has 0 radical (unpaired) electrons. The molecule has 14 heavy (non-hydrogen) atoms. The number of hydrogen-bond acceptors (Lipinski definition) is 2. The van der Waals surface area contributed by atoms with E-state index < -0.39 is 0 Å². The third-order valence-electron chi connectivity index (χ3n) is 1.49. The predicted molar refractivity (Wildman–Crippen MR) is 54.0 cm³/mol. The first-order chi connectivity index (χ1) is 6.27. The predicted octanol–water partition coefficient (Wildman–Crippen LogP) is 3.51. The SMILES string of the molecule is Fc1[c-]c(-c2ccccn2)sc1Br.[Pt]. The van der Waals surface area contributed by atoms with E-state index in [4.69, 9.17) is 0 Å². The van der Waals surface area contributed by atoms with Crippen molar-refractivity contribution in [3.63, 3.8) is 0 Å². The first-order valence-electron chi connectivity index (χ1n) is 3.56. The zero-order chi connectivity index (χ0) is 9.26. The Bertz CT molecular complexity index is 399. The largest absolute Gasteiger partial charge is 0.319 e. The fourth-order valence-corrected chi connectivity index (χ4v) is 2.19. The molecule has 0 aliphatic carbocycles. The van der Waals surface area contributed by atoms with E-state index in [0.29, 0.717) is 8.66 Å². The van der Waals surface area contributed by atoms with Gasteiger partial charge in [-0.3, -0.25) is 0 Å². The summed E-state index contributed by atoms with van der Waals surface area (Å²) in [6.07, 6.45) is 1.68. The molecule has 0 aliphatic heterocycles. The van der Waals surface area contributed by atoms with Gasteiger partial charge >= 0.3 is 0 Å². The maximum absolute atomic E-state index is 12.9. The molecule has 0 bridgehead atoms. The summed E-state index contributed by atoms with van der Waals surface area (Å²) in [5.74, 6) is -0.356. The van der Waals surface area contributed by atoms with Crippen LogP contribution in [0.5, 0.6) is 0 Å². The smallest absolute Gasteiger partial charge is 0.0368 e. The minimum absolute atomic E-state index is 0. The number of thiophene rings is 1. The van der Waals surface area contributed by atoms with Crippen molar-refractivity contribution in [1.29, 1.82) is 0 Å². The number of pyridine rings is 1. The molecule has 0 fully saturated rings. The van der Waals surface area contributed by atoms with Crippen molar-refractivity contribution in [3.8, 4) is 10.6 Å². The van der Waals surface area contributed by atoms with E-state index in [-0.39, 0.29) is 26.9 Å². The van der Waals surface area contributed by atoms with Crippen molar-refractivity contribution in [2.75, 3.05) is 0 Å². The molecule has 2 heterocycles. The number of hydrogen-bond donors (Lipinski definition) is 0. The topological polar surface area (TPSA) is 12.9 Å². The fraction of sp³-hybridized carbons (Fsp3) is 0. The molecule has 0 aromatic carbocycles. The van der Waals surface area contributed by atoms with E-state index in [2.05, 4.69) is 27.0 Å². The Morgan fingerprint density at radius 3 is 2.71 bits per heavy atom. The number of aromatic nitrogens is 1. The van der Waals surface area contributed by atoms with Crippen molar-refractivity contribution >= 4 is 27.3 Å². The van der Waals surface area contributed by atoms with Crippen LogP contribution in [0.15, 0.2) is 28.2 Å². The Morgan fingerprint density at radius 1 is 1.43 bits per heavy atom. The Kier molecular flexibility index (Phi) is 4.42. The molecule has 2 rings (SSSR count). The maximum atomic E-state index is 12.9. The summed E-state index contributed by atoms with van der Waals surface area (Å²) in [5, 5.41) is 0. The van der Waals surface area contributed by atoms with E-state index in [9.17, 15) is 4.39 Å². The second-order valence-electron chi connectivity index (χ2n) is 2.36. The van der Waals surface area contributed by atoms with Crippen LogP contribution in [0.1, 0.15) is 0 Å². The van der Waals surface area contributed by atoms with Gasteiger partial charge in [0.25, 0.3) is 0 Å². The van der Waals surface area contributed by atoms with Crippen LogP contribution < -0.4 is 0 Å². The van der Waals surface area contributed by atoms with Gasteiger partial charge in [0.15, 0.2) is 0 Å². The molecular formula is C9H4BrFNPtS-. The summed E-state index contributed by atoms with van der Waals surface area (Å²) in [4.78, 5) is 4.81. The van der Waals surface area contributed by atoms with Gasteiger partial charge in [0.05, 0.1) is 0 Å². The van der Waals surface area contributed by atoms with Gasteiger partial charge in [0, 0.05) is 36.9 Å². The van der Waals surface area contributed by atoms with Crippen LogP contribution in [0.25, 0.3) is 10.6 Å². The van der Waals surface area contributed by atoms with Gasteiger partial charge in [0.2, 0.25) is 0 Å². The monoisotopic (exact) mass is 451 g/mol. The van der Waals surface area contributed by atoms with Crippen molar-refractivity contribution in [3.05, 3.63) is 40.1 Å². The van der Waals surface area contributed by atoms with Crippen molar-refractivity contribution in [1.82, 2.24) is 4.98 Å². The van der Waals surface area contributed by atoms with Crippen LogP contribution in [0, 0.1) is 11.9 Å². The van der Waals surface area contributed by atoms with E-state index >= 15 is 0 Å². The van der Waals surface area contributed by atoms with E-state index in [0.717, 1.165) is 5.69 Å². The molecule has 0 N–H and O–H groups in total. The van der Waals surface area contributed by atoms with Gasteiger partial charge in [-0.05, 0) is 11.8 Å². The van der Waals surface area contributed by atoms with Crippen LogP contribution in [-0.2, 0) is 21.1 Å². The van der Waals surface area contributed by atoms with Gasteiger partial charge in [-0.1, -0.05) is 17.0 Å². The maximum Gasteiger partial charge on any atom is 0.0368 e. The molecule has 0 atom stereocenters. The molecule has 0 unspecified atom stereocenters. The van der Waals surface area contributed by atoms with E-state index in [1.165, 1.54) is 11.3 Å². The van der Waals surface area contributed by atoms with Gasteiger partial charge < -0.3 is 4.98 Å². The molecule has 0 saturated carbocycles. The minimum atomic E-state index is -0.356. The molecule has 0 amide bonds. The van der Waals surface area contributed by atoms with Gasteiger partial charge in [-0.15, -0.1) is 22.0 Å². The molecule has 2 aromatic heterocycles. The molecule has 0 aliphatic rings. The Labute approximate surface area is 108 Å². The number of halogens is 2. The average Bonchev–Trinajstić information content (AvgIpc) is 2.49. The quantitative estimate of drug-likeness (QED) is 0.604. The van der Waals surface area contributed by atoms with E-state index in [1.54, 1.807) is 6.20 Å². The number of nitrogens with zero attached hydrogens (tertiary/aromatic N) is 1. The standard InChI is InChI=1S/C9H4BrFNS.Pt/c10-9-6(11)5-8(13-9)7-3-1-2-4-12-7;/h1-4H;/q-1;. The average molecular weight is 452 g/mol.